The molecule has 3 aromatic rings. The number of carbonyl (C=O) groups is 2. The first-order chi connectivity index (χ1) is 20.8. The number of carbonyl (C=O) groups excluding carboxylic acids is 2. The monoisotopic (exact) mass is 649 g/mol. The third-order valence-corrected chi connectivity index (χ3v) is 9.86. The lowest BCUT2D eigenvalue weighted by molar-refractivity contribution is -0.139. The van der Waals surface area contributed by atoms with E-state index in [0.29, 0.717) is 15.9 Å². The van der Waals surface area contributed by atoms with E-state index in [1.54, 1.807) is 25.1 Å². The normalized spacial score (nSPS) is 15.0. The lowest BCUT2D eigenvalue weighted by Gasteiger charge is -2.33. The molecule has 236 valence electrons. The van der Waals surface area contributed by atoms with E-state index in [9.17, 15) is 31.2 Å². The van der Waals surface area contributed by atoms with Crippen LogP contribution in [0.3, 0.4) is 0 Å². The predicted molar refractivity (Wildman–Crippen MR) is 164 cm³/mol. The summed E-state index contributed by atoms with van der Waals surface area (Å²) in [6.45, 7) is 2.58. The number of sulfonamides is 1. The van der Waals surface area contributed by atoms with Crippen molar-refractivity contribution in [3.63, 3.8) is 0 Å². The molecule has 0 aliphatic heterocycles. The molecule has 2 amide bonds. The summed E-state index contributed by atoms with van der Waals surface area (Å²) >= 11 is 5.82. The van der Waals surface area contributed by atoms with Gasteiger partial charge in [0.15, 0.2) is 0 Å². The number of halogens is 4. The first-order valence-electron chi connectivity index (χ1n) is 14.4. The number of benzene rings is 3. The van der Waals surface area contributed by atoms with Crippen molar-refractivity contribution in [3.8, 4) is 0 Å². The topological polar surface area (TPSA) is 86.8 Å². The molecule has 0 aromatic heterocycles. The van der Waals surface area contributed by atoms with Gasteiger partial charge in [-0.3, -0.25) is 13.9 Å². The number of hydrogen-bond donors (Lipinski definition) is 1. The molecule has 0 saturated heterocycles. The molecule has 7 nitrogen and oxygen atoms in total. The molecule has 0 radical (unpaired) electrons. The highest BCUT2D eigenvalue weighted by atomic mass is 35.5. The molecule has 44 heavy (non-hydrogen) atoms. The minimum atomic E-state index is -4.87. The van der Waals surface area contributed by atoms with E-state index in [1.807, 2.05) is 19.1 Å². The van der Waals surface area contributed by atoms with Gasteiger partial charge in [0.1, 0.15) is 12.6 Å². The number of alkyl halides is 3. The Morgan fingerprint density at radius 1 is 0.977 bits per heavy atom. The molecule has 4 rings (SSSR count). The molecule has 1 aliphatic rings. The van der Waals surface area contributed by atoms with E-state index in [1.165, 1.54) is 29.2 Å². The van der Waals surface area contributed by atoms with Crippen LogP contribution in [0.5, 0.6) is 0 Å². The highest BCUT2D eigenvalue weighted by molar-refractivity contribution is 7.92. The Balaban J connectivity index is 1.73. The SMILES string of the molecule is Cc1ccc(CN(C(=O)CN(c2ccc(Cl)c(C(F)(F)F)c2)S(=O)(=O)c2ccccc2)[C@H](C)C(=O)NC2CCCCC2)cc1. The van der Waals surface area contributed by atoms with Crippen LogP contribution in [0.25, 0.3) is 0 Å². The van der Waals surface area contributed by atoms with Gasteiger partial charge in [0, 0.05) is 12.6 Å². The van der Waals surface area contributed by atoms with Crippen LogP contribution in [0, 0.1) is 6.92 Å². The standard InChI is InChI=1S/C32H35ClF3N3O4S/c1-22-13-15-24(16-14-22)20-38(23(2)31(41)37-25-9-5-3-6-10-25)30(40)21-39(44(42,43)27-11-7-4-8-12-27)26-17-18-29(33)28(19-26)32(34,35)36/h4,7-8,11-19,23,25H,3,5-6,9-10,20-21H2,1-2H3,(H,37,41)/t23-/m1/s1. The second-order valence-electron chi connectivity index (χ2n) is 11.0. The Kier molecular flexibility index (Phi) is 10.6. The number of aryl methyl sites for hydroxylation is 1. The summed E-state index contributed by atoms with van der Waals surface area (Å²) in [5.41, 5.74) is 0.0466. The average Bonchev–Trinajstić information content (AvgIpc) is 2.99. The maximum Gasteiger partial charge on any atom is 0.417 e. The third-order valence-electron chi connectivity index (χ3n) is 7.75. The Morgan fingerprint density at radius 3 is 2.23 bits per heavy atom. The first kappa shape index (κ1) is 33.3. The summed E-state index contributed by atoms with van der Waals surface area (Å²) < 4.78 is 69.7. The van der Waals surface area contributed by atoms with Crippen molar-refractivity contribution in [2.24, 2.45) is 0 Å². The van der Waals surface area contributed by atoms with E-state index in [4.69, 9.17) is 11.6 Å². The van der Waals surface area contributed by atoms with E-state index in [0.717, 1.165) is 49.8 Å². The Morgan fingerprint density at radius 2 is 1.61 bits per heavy atom. The highest BCUT2D eigenvalue weighted by Crippen LogP contribution is 2.38. The second-order valence-corrected chi connectivity index (χ2v) is 13.3. The van der Waals surface area contributed by atoms with Crippen LogP contribution in [0.1, 0.15) is 55.7 Å². The van der Waals surface area contributed by atoms with Crippen molar-refractivity contribution >= 4 is 39.1 Å². The van der Waals surface area contributed by atoms with Gasteiger partial charge in [0.25, 0.3) is 10.0 Å². The quantitative estimate of drug-likeness (QED) is 0.264. The van der Waals surface area contributed by atoms with Crippen LogP contribution in [0.2, 0.25) is 5.02 Å². The van der Waals surface area contributed by atoms with Crippen LogP contribution < -0.4 is 9.62 Å². The molecule has 0 spiro atoms. The summed E-state index contributed by atoms with van der Waals surface area (Å²) in [5, 5.41) is 2.40. The van der Waals surface area contributed by atoms with Crippen LogP contribution in [-0.4, -0.2) is 43.8 Å². The zero-order valence-corrected chi connectivity index (χ0v) is 26.1. The summed E-state index contributed by atoms with van der Waals surface area (Å²) in [6, 6.07) is 16.1. The molecule has 3 aromatic carbocycles. The van der Waals surface area contributed by atoms with Crippen LogP contribution in [-0.2, 0) is 32.3 Å². The predicted octanol–water partition coefficient (Wildman–Crippen LogP) is 6.73. The van der Waals surface area contributed by atoms with Crippen LogP contribution in [0.4, 0.5) is 18.9 Å². The molecule has 0 heterocycles. The maximum absolute atomic E-state index is 14.1. The molecule has 1 aliphatic carbocycles. The fraction of sp³-hybridized carbons (Fsp3) is 0.375. The van der Waals surface area contributed by atoms with Gasteiger partial charge < -0.3 is 10.2 Å². The van der Waals surface area contributed by atoms with E-state index < -0.39 is 51.0 Å². The Bertz CT molecular complexity index is 1560. The van der Waals surface area contributed by atoms with Gasteiger partial charge in [0.05, 0.1) is 21.2 Å². The minimum Gasteiger partial charge on any atom is -0.352 e. The molecule has 12 heteroatoms. The molecule has 0 unspecified atom stereocenters. The number of hydrogen-bond acceptors (Lipinski definition) is 4. The van der Waals surface area contributed by atoms with Gasteiger partial charge in [-0.25, -0.2) is 8.42 Å². The number of nitrogens with one attached hydrogen (secondary N) is 1. The van der Waals surface area contributed by atoms with E-state index in [2.05, 4.69) is 5.32 Å². The molecule has 0 bridgehead atoms. The molecule has 1 N–H and O–H groups in total. The average molecular weight is 650 g/mol. The van der Waals surface area contributed by atoms with Crippen molar-refractivity contribution < 1.29 is 31.2 Å². The number of amides is 2. The number of rotatable bonds is 10. The smallest absolute Gasteiger partial charge is 0.352 e. The summed E-state index contributed by atoms with van der Waals surface area (Å²) in [5.74, 6) is -1.15. The van der Waals surface area contributed by atoms with E-state index in [-0.39, 0.29) is 23.4 Å². The molecular formula is C32H35ClF3N3O4S. The highest BCUT2D eigenvalue weighted by Gasteiger charge is 2.37. The molecule has 1 atom stereocenters. The van der Waals surface area contributed by atoms with Crippen molar-refractivity contribution in [2.75, 3.05) is 10.8 Å². The van der Waals surface area contributed by atoms with E-state index >= 15 is 0 Å². The van der Waals surface area contributed by atoms with Crippen LogP contribution in [0.15, 0.2) is 77.7 Å². The van der Waals surface area contributed by atoms with Gasteiger partial charge in [-0.2, -0.15) is 13.2 Å². The summed E-state index contributed by atoms with van der Waals surface area (Å²) in [4.78, 5) is 28.5. The van der Waals surface area contributed by atoms with Crippen LogP contribution >= 0.6 is 11.6 Å². The Labute approximate surface area is 261 Å². The zero-order chi connectivity index (χ0) is 32.1. The van der Waals surface area contributed by atoms with Gasteiger partial charge in [0.2, 0.25) is 11.8 Å². The second kappa shape index (κ2) is 14.0. The first-order valence-corrected chi connectivity index (χ1v) is 16.2. The largest absolute Gasteiger partial charge is 0.417 e. The fourth-order valence-corrected chi connectivity index (χ4v) is 6.83. The number of anilines is 1. The summed E-state index contributed by atoms with van der Waals surface area (Å²) in [7, 11) is -4.53. The van der Waals surface area contributed by atoms with Gasteiger partial charge >= 0.3 is 6.18 Å². The maximum atomic E-state index is 14.1. The molecule has 1 fully saturated rings. The lowest BCUT2D eigenvalue weighted by Crippen LogP contribution is -2.53. The molecule has 1 saturated carbocycles. The van der Waals surface area contributed by atoms with Crippen molar-refractivity contribution in [1.82, 2.24) is 10.2 Å². The van der Waals surface area contributed by atoms with Crippen molar-refractivity contribution in [1.29, 1.82) is 0 Å². The fourth-order valence-electron chi connectivity index (χ4n) is 5.18. The number of nitrogens with zero attached hydrogens (tertiary/aromatic N) is 2. The van der Waals surface area contributed by atoms with Gasteiger partial charge in [-0.1, -0.05) is 78.9 Å². The van der Waals surface area contributed by atoms with Crippen molar-refractivity contribution in [3.05, 3.63) is 94.5 Å². The minimum absolute atomic E-state index is 0.0218. The molecular weight excluding hydrogens is 615 g/mol. The Hall–Kier alpha value is -3.57. The third kappa shape index (κ3) is 8.12. The zero-order valence-electron chi connectivity index (χ0n) is 24.5. The van der Waals surface area contributed by atoms with Gasteiger partial charge in [-0.05, 0) is 62.6 Å². The lowest BCUT2D eigenvalue weighted by atomic mass is 9.95. The van der Waals surface area contributed by atoms with Gasteiger partial charge in [-0.15, -0.1) is 0 Å². The summed E-state index contributed by atoms with van der Waals surface area (Å²) in [6.07, 6.45) is -0.163. The van der Waals surface area contributed by atoms with Crippen molar-refractivity contribution in [2.45, 2.75) is 75.7 Å².